The quantitative estimate of drug-likeness (QED) is 0.552. The lowest BCUT2D eigenvalue weighted by Gasteiger charge is -2.24. The second-order valence-corrected chi connectivity index (χ2v) is 4.50. The summed E-state index contributed by atoms with van der Waals surface area (Å²) >= 11 is 0. The Morgan fingerprint density at radius 2 is 1.27 bits per heavy atom. The van der Waals surface area contributed by atoms with Crippen molar-refractivity contribution in [2.24, 2.45) is 0 Å². The van der Waals surface area contributed by atoms with Crippen molar-refractivity contribution < 1.29 is 0 Å². The molecule has 0 aromatic carbocycles. The summed E-state index contributed by atoms with van der Waals surface area (Å²) < 4.78 is 0. The second-order valence-electron chi connectivity index (χ2n) is 4.50. The number of rotatable bonds is 10. The molecule has 0 atom stereocenters. The molecule has 0 aliphatic rings. The van der Waals surface area contributed by atoms with E-state index in [9.17, 15) is 0 Å². The van der Waals surface area contributed by atoms with Gasteiger partial charge in [0.2, 0.25) is 0 Å². The van der Waals surface area contributed by atoms with E-state index in [-0.39, 0.29) is 0 Å². The molecule has 15 heavy (non-hydrogen) atoms. The lowest BCUT2D eigenvalue weighted by atomic mass is 10.3. The monoisotopic (exact) mass is 214 g/mol. The molecule has 0 rings (SSSR count). The van der Waals surface area contributed by atoms with Crippen molar-refractivity contribution in [3.8, 4) is 0 Å². The predicted molar refractivity (Wildman–Crippen MR) is 69.4 cm³/mol. The highest BCUT2D eigenvalue weighted by Gasteiger charge is 2.04. The van der Waals surface area contributed by atoms with E-state index < -0.39 is 0 Å². The molecule has 0 amide bonds. The van der Waals surface area contributed by atoms with Crippen LogP contribution >= 0.6 is 0 Å². The third-order valence-corrected chi connectivity index (χ3v) is 2.77. The zero-order valence-corrected chi connectivity index (χ0v) is 11.3. The van der Waals surface area contributed by atoms with E-state index in [1.807, 2.05) is 0 Å². The van der Waals surface area contributed by atoms with Crippen LogP contribution in [0.3, 0.4) is 0 Å². The van der Waals surface area contributed by atoms with Gasteiger partial charge in [0.25, 0.3) is 0 Å². The molecule has 0 N–H and O–H groups in total. The van der Waals surface area contributed by atoms with Crippen molar-refractivity contribution in [2.45, 2.75) is 46.5 Å². The summed E-state index contributed by atoms with van der Waals surface area (Å²) in [4.78, 5) is 5.05. The molecular formula is C13H30N2. The van der Waals surface area contributed by atoms with Crippen LogP contribution in [-0.2, 0) is 0 Å². The maximum absolute atomic E-state index is 2.59. The van der Waals surface area contributed by atoms with Crippen molar-refractivity contribution in [1.82, 2.24) is 9.80 Å². The third kappa shape index (κ3) is 8.88. The summed E-state index contributed by atoms with van der Waals surface area (Å²) in [6.07, 6.45) is 5.19. The first-order chi connectivity index (χ1) is 7.24. The molecule has 0 aliphatic carbocycles. The smallest absolute Gasteiger partial charge is 0.0109 e. The summed E-state index contributed by atoms with van der Waals surface area (Å²) in [5.41, 5.74) is 0. The topological polar surface area (TPSA) is 6.48 Å². The summed E-state index contributed by atoms with van der Waals surface area (Å²) in [6, 6.07) is 0. The van der Waals surface area contributed by atoms with Gasteiger partial charge in [-0.3, -0.25) is 0 Å². The molecule has 92 valence electrons. The first kappa shape index (κ1) is 14.9. The van der Waals surface area contributed by atoms with E-state index >= 15 is 0 Å². The molecular weight excluding hydrogens is 184 g/mol. The number of hydrogen-bond donors (Lipinski definition) is 0. The van der Waals surface area contributed by atoms with Crippen LogP contribution in [0.4, 0.5) is 0 Å². The number of hydrogen-bond acceptors (Lipinski definition) is 2. The minimum atomic E-state index is 1.22. The lowest BCUT2D eigenvalue weighted by Crippen LogP contribution is -2.34. The highest BCUT2D eigenvalue weighted by atomic mass is 15.2. The molecule has 0 heterocycles. The predicted octanol–water partition coefficient (Wildman–Crippen LogP) is 2.84. The van der Waals surface area contributed by atoms with Gasteiger partial charge in [0.05, 0.1) is 0 Å². The molecule has 0 aromatic heterocycles. The zero-order chi connectivity index (χ0) is 11.5. The van der Waals surface area contributed by atoms with Crippen LogP contribution in [-0.4, -0.2) is 49.6 Å². The minimum absolute atomic E-state index is 1.22. The van der Waals surface area contributed by atoms with E-state index in [0.29, 0.717) is 0 Å². The van der Waals surface area contributed by atoms with E-state index in [2.05, 4.69) is 37.6 Å². The average Bonchev–Trinajstić information content (AvgIpc) is 2.23. The van der Waals surface area contributed by atoms with E-state index in [1.165, 1.54) is 58.4 Å². The van der Waals surface area contributed by atoms with Gasteiger partial charge in [-0.25, -0.2) is 0 Å². The maximum atomic E-state index is 2.59. The molecule has 0 spiro atoms. The first-order valence-electron chi connectivity index (χ1n) is 6.65. The van der Waals surface area contributed by atoms with Crippen molar-refractivity contribution >= 4 is 0 Å². The molecule has 0 saturated carbocycles. The zero-order valence-electron chi connectivity index (χ0n) is 11.3. The molecule has 0 saturated heterocycles. The number of unbranched alkanes of at least 4 members (excludes halogenated alkanes) is 1. The molecule has 0 aromatic rings. The summed E-state index contributed by atoms with van der Waals surface area (Å²) in [7, 11) is 2.24. The molecule has 2 heteroatoms. The van der Waals surface area contributed by atoms with Crippen molar-refractivity contribution in [1.29, 1.82) is 0 Å². The molecule has 0 aliphatic heterocycles. The molecule has 0 bridgehead atoms. The Bertz CT molecular complexity index is 120. The first-order valence-corrected chi connectivity index (χ1v) is 6.65. The van der Waals surface area contributed by atoms with Crippen LogP contribution in [0.25, 0.3) is 0 Å². The van der Waals surface area contributed by atoms with Crippen molar-refractivity contribution in [2.75, 3.05) is 39.8 Å². The SMILES string of the molecule is CCCCN(C)CCN(CCC)CCC. The van der Waals surface area contributed by atoms with Crippen LogP contribution in [0.15, 0.2) is 0 Å². The Hall–Kier alpha value is -0.0800. The van der Waals surface area contributed by atoms with Gasteiger partial charge < -0.3 is 9.80 Å². The molecule has 0 fully saturated rings. The Morgan fingerprint density at radius 3 is 1.73 bits per heavy atom. The summed E-state index contributed by atoms with van der Waals surface area (Å²) in [5.74, 6) is 0. The second kappa shape index (κ2) is 10.4. The van der Waals surface area contributed by atoms with Gasteiger partial charge in [-0.1, -0.05) is 27.2 Å². The Kier molecular flexibility index (Phi) is 10.4. The molecule has 0 radical (unpaired) electrons. The van der Waals surface area contributed by atoms with Crippen LogP contribution < -0.4 is 0 Å². The van der Waals surface area contributed by atoms with Gasteiger partial charge in [0.1, 0.15) is 0 Å². The highest BCUT2D eigenvalue weighted by molar-refractivity contribution is 4.60. The minimum Gasteiger partial charge on any atom is -0.305 e. The van der Waals surface area contributed by atoms with Crippen molar-refractivity contribution in [3.63, 3.8) is 0 Å². The standard InChI is InChI=1S/C13H30N2/c1-5-8-11-14(4)12-13-15(9-6-2)10-7-3/h5-13H2,1-4H3. The molecule has 0 unspecified atom stereocenters. The summed E-state index contributed by atoms with van der Waals surface area (Å²) in [6.45, 7) is 13.0. The van der Waals surface area contributed by atoms with E-state index in [0.717, 1.165) is 0 Å². The van der Waals surface area contributed by atoms with Crippen LogP contribution in [0.2, 0.25) is 0 Å². The maximum Gasteiger partial charge on any atom is 0.0109 e. The largest absolute Gasteiger partial charge is 0.305 e. The lowest BCUT2D eigenvalue weighted by molar-refractivity contribution is 0.224. The van der Waals surface area contributed by atoms with Gasteiger partial charge in [-0.05, 0) is 45.9 Å². The fourth-order valence-corrected chi connectivity index (χ4v) is 1.82. The Labute approximate surface area is 96.6 Å². The fraction of sp³-hybridized carbons (Fsp3) is 1.00. The van der Waals surface area contributed by atoms with Gasteiger partial charge in [-0.15, -0.1) is 0 Å². The van der Waals surface area contributed by atoms with Crippen LogP contribution in [0.1, 0.15) is 46.5 Å². The van der Waals surface area contributed by atoms with Gasteiger partial charge in [0, 0.05) is 13.1 Å². The highest BCUT2D eigenvalue weighted by Crippen LogP contribution is 1.96. The summed E-state index contributed by atoms with van der Waals surface area (Å²) in [5, 5.41) is 0. The number of likely N-dealkylation sites (N-methyl/N-ethyl adjacent to an activating group) is 1. The van der Waals surface area contributed by atoms with E-state index in [4.69, 9.17) is 0 Å². The fourth-order valence-electron chi connectivity index (χ4n) is 1.82. The Balaban J connectivity index is 3.57. The Morgan fingerprint density at radius 1 is 0.667 bits per heavy atom. The molecule has 2 nitrogen and oxygen atoms in total. The van der Waals surface area contributed by atoms with Gasteiger partial charge in [0.15, 0.2) is 0 Å². The van der Waals surface area contributed by atoms with Gasteiger partial charge >= 0.3 is 0 Å². The van der Waals surface area contributed by atoms with E-state index in [1.54, 1.807) is 0 Å². The average molecular weight is 214 g/mol. The van der Waals surface area contributed by atoms with Crippen LogP contribution in [0.5, 0.6) is 0 Å². The number of nitrogens with zero attached hydrogens (tertiary/aromatic N) is 2. The van der Waals surface area contributed by atoms with Crippen molar-refractivity contribution in [3.05, 3.63) is 0 Å². The normalized spacial score (nSPS) is 11.6. The third-order valence-electron chi connectivity index (χ3n) is 2.77. The van der Waals surface area contributed by atoms with Crippen LogP contribution in [0, 0.1) is 0 Å². The van der Waals surface area contributed by atoms with Gasteiger partial charge in [-0.2, -0.15) is 0 Å².